The van der Waals surface area contributed by atoms with E-state index >= 15 is 0 Å². The molecule has 22 heavy (non-hydrogen) atoms. The summed E-state index contributed by atoms with van der Waals surface area (Å²) in [5.41, 5.74) is 5.97. The summed E-state index contributed by atoms with van der Waals surface area (Å²) in [4.78, 5) is 7.23. The monoisotopic (exact) mass is 331 g/mol. The van der Waals surface area contributed by atoms with Crippen LogP contribution in [0.5, 0.6) is 0 Å². The second kappa shape index (κ2) is 7.20. The zero-order valence-corrected chi connectivity index (χ0v) is 14.1. The predicted octanol–water partition coefficient (Wildman–Crippen LogP) is 3.52. The Morgan fingerprint density at radius 1 is 1.23 bits per heavy atom. The standard InChI is InChI=1S/C17H21N3S2/c18-16(19-11-8-14-7-4-12-21-14)20-13-17(9-10-17)22-15-5-2-1-3-6-15/h1-7,12H,8-11,13H2,(H3,18,19,20). The van der Waals surface area contributed by atoms with Gasteiger partial charge in [-0.15, -0.1) is 23.1 Å². The number of rotatable bonds is 7. The molecule has 1 aromatic carbocycles. The average Bonchev–Trinajstić information content (AvgIpc) is 3.09. The van der Waals surface area contributed by atoms with Crippen molar-refractivity contribution >= 4 is 29.1 Å². The fourth-order valence-corrected chi connectivity index (χ4v) is 4.16. The largest absolute Gasteiger partial charge is 0.370 e. The molecule has 3 nitrogen and oxygen atoms in total. The summed E-state index contributed by atoms with van der Waals surface area (Å²) in [7, 11) is 0. The van der Waals surface area contributed by atoms with Gasteiger partial charge in [0, 0.05) is 21.1 Å². The van der Waals surface area contributed by atoms with E-state index in [4.69, 9.17) is 5.73 Å². The minimum absolute atomic E-state index is 0.265. The van der Waals surface area contributed by atoms with Crippen molar-refractivity contribution in [2.75, 3.05) is 13.1 Å². The van der Waals surface area contributed by atoms with Gasteiger partial charge in [0.1, 0.15) is 0 Å². The Morgan fingerprint density at radius 3 is 2.73 bits per heavy atom. The van der Waals surface area contributed by atoms with Crippen molar-refractivity contribution in [1.29, 1.82) is 0 Å². The van der Waals surface area contributed by atoms with Crippen molar-refractivity contribution in [3.8, 4) is 0 Å². The van der Waals surface area contributed by atoms with Crippen molar-refractivity contribution in [2.45, 2.75) is 28.9 Å². The molecule has 1 aromatic heterocycles. The van der Waals surface area contributed by atoms with E-state index in [1.54, 1.807) is 11.3 Å². The van der Waals surface area contributed by atoms with E-state index < -0.39 is 0 Å². The van der Waals surface area contributed by atoms with Gasteiger partial charge in [0.05, 0.1) is 6.54 Å². The lowest BCUT2D eigenvalue weighted by atomic mass is 10.3. The molecule has 0 atom stereocenters. The van der Waals surface area contributed by atoms with Gasteiger partial charge in [-0.2, -0.15) is 0 Å². The highest BCUT2D eigenvalue weighted by molar-refractivity contribution is 8.01. The Morgan fingerprint density at radius 2 is 2.05 bits per heavy atom. The number of aliphatic imine (C=N–C) groups is 1. The van der Waals surface area contributed by atoms with Crippen molar-refractivity contribution < 1.29 is 0 Å². The highest BCUT2D eigenvalue weighted by Crippen LogP contribution is 2.51. The summed E-state index contributed by atoms with van der Waals surface area (Å²) in [5, 5.41) is 5.31. The summed E-state index contributed by atoms with van der Waals surface area (Å²) >= 11 is 3.71. The average molecular weight is 332 g/mol. The Labute approximate surface area is 140 Å². The second-order valence-corrected chi connectivity index (χ2v) is 8.13. The first-order valence-corrected chi connectivity index (χ1v) is 9.26. The zero-order valence-electron chi connectivity index (χ0n) is 12.5. The van der Waals surface area contributed by atoms with Gasteiger partial charge in [-0.3, -0.25) is 4.99 Å². The number of nitrogens with zero attached hydrogens (tertiary/aromatic N) is 1. The van der Waals surface area contributed by atoms with E-state index in [0.29, 0.717) is 5.96 Å². The minimum Gasteiger partial charge on any atom is -0.370 e. The molecule has 116 valence electrons. The number of hydrogen-bond donors (Lipinski definition) is 2. The van der Waals surface area contributed by atoms with Gasteiger partial charge >= 0.3 is 0 Å². The lowest BCUT2D eigenvalue weighted by Crippen LogP contribution is -2.34. The van der Waals surface area contributed by atoms with E-state index in [1.165, 1.54) is 22.6 Å². The summed E-state index contributed by atoms with van der Waals surface area (Å²) in [6, 6.07) is 14.8. The Bertz CT molecular complexity index is 604. The molecule has 1 aliphatic carbocycles. The first-order valence-electron chi connectivity index (χ1n) is 7.56. The van der Waals surface area contributed by atoms with E-state index in [-0.39, 0.29) is 4.75 Å². The molecule has 0 amide bonds. The van der Waals surface area contributed by atoms with Gasteiger partial charge in [0.15, 0.2) is 5.96 Å². The van der Waals surface area contributed by atoms with Gasteiger partial charge < -0.3 is 11.1 Å². The van der Waals surface area contributed by atoms with Crippen LogP contribution in [0.2, 0.25) is 0 Å². The lowest BCUT2D eigenvalue weighted by molar-refractivity contribution is 0.838. The quantitative estimate of drug-likeness (QED) is 0.603. The molecule has 3 N–H and O–H groups in total. The molecule has 1 aliphatic rings. The highest BCUT2D eigenvalue weighted by atomic mass is 32.2. The molecule has 0 radical (unpaired) electrons. The number of guanidine groups is 1. The molecule has 0 unspecified atom stereocenters. The third-order valence-electron chi connectivity index (χ3n) is 3.68. The summed E-state index contributed by atoms with van der Waals surface area (Å²) < 4.78 is 0.265. The lowest BCUT2D eigenvalue weighted by Gasteiger charge is -2.13. The van der Waals surface area contributed by atoms with Crippen LogP contribution < -0.4 is 11.1 Å². The van der Waals surface area contributed by atoms with Gasteiger partial charge in [0.25, 0.3) is 0 Å². The van der Waals surface area contributed by atoms with Gasteiger partial charge in [-0.1, -0.05) is 24.3 Å². The SMILES string of the molecule is NC(=NCC1(Sc2ccccc2)CC1)NCCc1cccs1. The number of hydrogen-bond acceptors (Lipinski definition) is 3. The molecular formula is C17H21N3S2. The van der Waals surface area contributed by atoms with Crippen molar-refractivity contribution in [1.82, 2.24) is 5.32 Å². The van der Waals surface area contributed by atoms with Crippen LogP contribution >= 0.6 is 23.1 Å². The van der Waals surface area contributed by atoms with E-state index in [0.717, 1.165) is 19.5 Å². The van der Waals surface area contributed by atoms with E-state index in [1.807, 2.05) is 11.8 Å². The maximum atomic E-state index is 5.97. The number of benzene rings is 1. The minimum atomic E-state index is 0.265. The van der Waals surface area contributed by atoms with Crippen LogP contribution in [0.4, 0.5) is 0 Å². The van der Waals surface area contributed by atoms with Gasteiger partial charge in [-0.05, 0) is 42.8 Å². The molecule has 1 heterocycles. The fourth-order valence-electron chi connectivity index (χ4n) is 2.22. The van der Waals surface area contributed by atoms with Crippen LogP contribution in [0.3, 0.4) is 0 Å². The van der Waals surface area contributed by atoms with Crippen LogP contribution in [-0.2, 0) is 6.42 Å². The topological polar surface area (TPSA) is 50.4 Å². The Balaban J connectivity index is 1.44. The number of nitrogens with one attached hydrogen (secondary N) is 1. The molecule has 0 saturated heterocycles. The first kappa shape index (κ1) is 15.4. The Kier molecular flexibility index (Phi) is 5.05. The highest BCUT2D eigenvalue weighted by Gasteiger charge is 2.43. The third kappa shape index (κ3) is 4.52. The molecule has 3 rings (SSSR count). The smallest absolute Gasteiger partial charge is 0.188 e. The number of thiophene rings is 1. The van der Waals surface area contributed by atoms with Crippen molar-refractivity contribution in [3.63, 3.8) is 0 Å². The first-order chi connectivity index (χ1) is 10.8. The van der Waals surface area contributed by atoms with Crippen LogP contribution in [0.15, 0.2) is 57.7 Å². The molecular weight excluding hydrogens is 310 g/mol. The third-order valence-corrected chi connectivity index (χ3v) is 6.09. The van der Waals surface area contributed by atoms with Crippen LogP contribution in [0, 0.1) is 0 Å². The molecule has 0 spiro atoms. The van der Waals surface area contributed by atoms with Gasteiger partial charge in [-0.25, -0.2) is 0 Å². The van der Waals surface area contributed by atoms with E-state index in [9.17, 15) is 0 Å². The normalized spacial score (nSPS) is 16.5. The second-order valence-electron chi connectivity index (χ2n) is 5.56. The maximum absolute atomic E-state index is 5.97. The molecule has 0 aliphatic heterocycles. The number of nitrogens with two attached hydrogens (primary N) is 1. The summed E-state index contributed by atoms with van der Waals surface area (Å²) in [6.45, 7) is 1.64. The fraction of sp³-hybridized carbons (Fsp3) is 0.353. The van der Waals surface area contributed by atoms with Crippen LogP contribution in [0.1, 0.15) is 17.7 Å². The predicted molar refractivity (Wildman–Crippen MR) is 96.8 cm³/mol. The van der Waals surface area contributed by atoms with Gasteiger partial charge in [0.2, 0.25) is 0 Å². The van der Waals surface area contributed by atoms with E-state index in [2.05, 4.69) is 58.2 Å². The Hall–Kier alpha value is -1.46. The molecule has 1 fully saturated rings. The zero-order chi connectivity index (χ0) is 15.3. The van der Waals surface area contributed by atoms with Crippen LogP contribution in [0.25, 0.3) is 0 Å². The molecule has 0 bridgehead atoms. The molecule has 1 saturated carbocycles. The number of thioether (sulfide) groups is 1. The van der Waals surface area contributed by atoms with Crippen molar-refractivity contribution in [3.05, 3.63) is 52.7 Å². The molecule has 2 aromatic rings. The van der Waals surface area contributed by atoms with Crippen molar-refractivity contribution in [2.24, 2.45) is 10.7 Å². The summed E-state index contributed by atoms with van der Waals surface area (Å²) in [6.07, 6.45) is 3.44. The summed E-state index contributed by atoms with van der Waals surface area (Å²) in [5.74, 6) is 0.566. The van der Waals surface area contributed by atoms with Crippen LogP contribution in [-0.4, -0.2) is 23.8 Å². The maximum Gasteiger partial charge on any atom is 0.188 e. The molecule has 5 heteroatoms.